The summed E-state index contributed by atoms with van der Waals surface area (Å²) in [6.45, 7) is 10.8. The van der Waals surface area contributed by atoms with E-state index in [9.17, 15) is 19.2 Å². The highest BCUT2D eigenvalue weighted by Gasteiger charge is 2.39. The molecule has 0 bridgehead atoms. The molecule has 2 saturated heterocycles. The Hall–Kier alpha value is -6.48. The molecule has 5 aromatic rings. The predicted octanol–water partition coefficient (Wildman–Crippen LogP) is 10.6. The molecular formula is C54H63BrN8O6. The fourth-order valence-corrected chi connectivity index (χ4v) is 10.1. The highest BCUT2D eigenvalue weighted by Crippen LogP contribution is 2.41. The number of H-pyrrole nitrogens is 1. The summed E-state index contributed by atoms with van der Waals surface area (Å²) in [7, 11) is 2.59. The Morgan fingerprint density at radius 3 is 1.81 bits per heavy atom. The van der Waals surface area contributed by atoms with Crippen molar-refractivity contribution in [1.29, 1.82) is 0 Å². The molecule has 4 atom stereocenters. The number of carbonyl (C=O) groups is 4. The Kier molecular flexibility index (Phi) is 15.2. The van der Waals surface area contributed by atoms with E-state index in [-0.39, 0.29) is 35.7 Å². The molecule has 4 heterocycles. The fraction of sp³-hybridized carbons (Fsp3) is 0.407. The third-order valence-corrected chi connectivity index (χ3v) is 14.1. The first-order valence-corrected chi connectivity index (χ1v) is 25.0. The van der Waals surface area contributed by atoms with Gasteiger partial charge < -0.3 is 39.5 Å². The minimum Gasteiger partial charge on any atom is -0.453 e. The number of ether oxygens (including phenoxy) is 2. The number of carbonyl (C=O) groups excluding carboxylic acids is 4. The second-order valence-corrected chi connectivity index (χ2v) is 19.4. The van der Waals surface area contributed by atoms with Crippen LogP contribution in [-0.4, -0.2) is 99.5 Å². The Bertz CT molecular complexity index is 2700. The number of likely N-dealkylation sites (tertiary alicyclic amines) is 2. The molecule has 4 amide bonds. The molecule has 2 aromatic heterocycles. The first-order valence-electron chi connectivity index (χ1n) is 24.0. The summed E-state index contributed by atoms with van der Waals surface area (Å²) >= 11 is 3.58. The largest absolute Gasteiger partial charge is 0.453 e. The summed E-state index contributed by atoms with van der Waals surface area (Å²) in [5, 5.41) is 5.45. The zero-order valence-corrected chi connectivity index (χ0v) is 42.1. The number of alkyl carbamates (subject to hydrolysis) is 2. The molecule has 2 aliphatic heterocycles. The lowest BCUT2D eigenvalue weighted by Gasteiger charge is -2.30. The van der Waals surface area contributed by atoms with E-state index in [0.717, 1.165) is 87.9 Å². The molecule has 3 N–H and O–H groups in total. The van der Waals surface area contributed by atoms with Gasteiger partial charge in [-0.05, 0) is 110 Å². The van der Waals surface area contributed by atoms with Crippen LogP contribution < -0.4 is 10.6 Å². The smallest absolute Gasteiger partial charge is 0.407 e. The number of nitrogens with one attached hydrogen (secondary N) is 3. The summed E-state index contributed by atoms with van der Waals surface area (Å²) < 4.78 is 11.9. The Balaban J connectivity index is 1.03. The van der Waals surface area contributed by atoms with Crippen molar-refractivity contribution >= 4 is 51.3 Å². The van der Waals surface area contributed by atoms with Crippen LogP contribution in [0.4, 0.5) is 9.59 Å². The summed E-state index contributed by atoms with van der Waals surface area (Å²) in [6.07, 6.45) is 6.29. The van der Waals surface area contributed by atoms with E-state index in [4.69, 9.17) is 19.5 Å². The molecule has 15 heteroatoms. The topological polar surface area (TPSA) is 163 Å². The van der Waals surface area contributed by atoms with Crippen LogP contribution in [0.15, 0.2) is 101 Å². The van der Waals surface area contributed by atoms with Crippen LogP contribution in [0.5, 0.6) is 0 Å². The van der Waals surface area contributed by atoms with Gasteiger partial charge in [-0.15, -0.1) is 0 Å². The zero-order valence-electron chi connectivity index (χ0n) is 40.5. The van der Waals surface area contributed by atoms with Gasteiger partial charge in [0.05, 0.1) is 55.3 Å². The summed E-state index contributed by atoms with van der Waals surface area (Å²) in [5.74, 6) is 0.852. The van der Waals surface area contributed by atoms with Gasteiger partial charge in [-0.2, -0.15) is 0 Å². The van der Waals surface area contributed by atoms with Gasteiger partial charge in [-0.1, -0.05) is 104 Å². The van der Waals surface area contributed by atoms with Crippen molar-refractivity contribution in [3.63, 3.8) is 0 Å². The van der Waals surface area contributed by atoms with Gasteiger partial charge in [0, 0.05) is 35.0 Å². The van der Waals surface area contributed by atoms with E-state index < -0.39 is 24.3 Å². The first kappa shape index (κ1) is 49.0. The number of aromatic nitrogens is 3. The number of benzene rings is 3. The minimum atomic E-state index is -0.702. The van der Waals surface area contributed by atoms with Crippen molar-refractivity contribution in [3.8, 4) is 39.5 Å². The van der Waals surface area contributed by atoms with E-state index in [1.54, 1.807) is 0 Å². The number of halogens is 1. The quantitative estimate of drug-likeness (QED) is 0.0879. The van der Waals surface area contributed by atoms with Crippen molar-refractivity contribution in [3.05, 3.63) is 113 Å². The molecule has 69 heavy (non-hydrogen) atoms. The van der Waals surface area contributed by atoms with Gasteiger partial charge in [0.2, 0.25) is 11.8 Å². The second-order valence-electron chi connectivity index (χ2n) is 19.0. The molecule has 1 saturated carbocycles. The summed E-state index contributed by atoms with van der Waals surface area (Å²) in [5.41, 5.74) is 10.9. The number of methoxy groups -OCH3 is 2. The molecule has 0 unspecified atom stereocenters. The lowest BCUT2D eigenvalue weighted by atomic mass is 10.0. The van der Waals surface area contributed by atoms with E-state index >= 15 is 0 Å². The number of hydrogen-bond donors (Lipinski definition) is 3. The maximum Gasteiger partial charge on any atom is 0.407 e. The van der Waals surface area contributed by atoms with Crippen molar-refractivity contribution in [1.82, 2.24) is 35.0 Å². The number of aliphatic imine (C=N–C) groups is 1. The first-order chi connectivity index (χ1) is 33.3. The SMILES string of the molecule is COC(=O)N[C@H](C(=O)N1CCC[C@H]1C(C)=N/C(=C/Br)c1ccc(-c2ccc(-c3ccc(-c4cnc([C@@H]5CCCN5C(=O)[C@@H](NC(=O)OC)C(C)C)[nH]4)cc3)n2-c2ccc(C3CC3)cc2)cc1)C(C)C. The molecule has 3 fully saturated rings. The van der Waals surface area contributed by atoms with Gasteiger partial charge in [0.1, 0.15) is 17.9 Å². The Morgan fingerprint density at radius 2 is 1.26 bits per heavy atom. The van der Waals surface area contributed by atoms with E-state index in [1.807, 2.05) is 55.6 Å². The average molecular weight is 1000 g/mol. The lowest BCUT2D eigenvalue weighted by Crippen LogP contribution is -2.53. The molecule has 0 radical (unpaired) electrons. The Morgan fingerprint density at radius 1 is 0.725 bits per heavy atom. The maximum atomic E-state index is 13.8. The highest BCUT2D eigenvalue weighted by molar-refractivity contribution is 9.11. The van der Waals surface area contributed by atoms with Crippen LogP contribution in [-0.2, 0) is 19.1 Å². The second kappa shape index (κ2) is 21.4. The van der Waals surface area contributed by atoms with E-state index in [1.165, 1.54) is 32.6 Å². The van der Waals surface area contributed by atoms with Crippen LogP contribution in [0.25, 0.3) is 45.2 Å². The summed E-state index contributed by atoms with van der Waals surface area (Å²) in [4.78, 5) is 70.5. The maximum absolute atomic E-state index is 13.8. The van der Waals surface area contributed by atoms with Crippen LogP contribution in [0.1, 0.15) is 102 Å². The van der Waals surface area contributed by atoms with Gasteiger partial charge in [0.15, 0.2) is 0 Å². The predicted molar refractivity (Wildman–Crippen MR) is 273 cm³/mol. The highest BCUT2D eigenvalue weighted by atomic mass is 79.9. The molecular weight excluding hydrogens is 937 g/mol. The molecule has 3 aliphatic rings. The fourth-order valence-electron chi connectivity index (χ4n) is 9.71. The van der Waals surface area contributed by atoms with Gasteiger partial charge >= 0.3 is 12.2 Å². The minimum absolute atomic E-state index is 0.118. The van der Waals surface area contributed by atoms with Gasteiger partial charge in [-0.25, -0.2) is 14.6 Å². The number of hydrogen-bond acceptors (Lipinski definition) is 8. The van der Waals surface area contributed by atoms with Gasteiger partial charge in [-0.3, -0.25) is 14.6 Å². The van der Waals surface area contributed by atoms with Crippen molar-refractivity contribution in [2.75, 3.05) is 27.3 Å². The monoisotopic (exact) mass is 998 g/mol. The number of aromatic amines is 1. The van der Waals surface area contributed by atoms with Crippen LogP contribution in [0.2, 0.25) is 0 Å². The lowest BCUT2D eigenvalue weighted by molar-refractivity contribution is -0.135. The Labute approximate surface area is 413 Å². The molecule has 362 valence electrons. The van der Waals surface area contributed by atoms with Crippen molar-refractivity contribution in [2.45, 2.75) is 103 Å². The van der Waals surface area contributed by atoms with E-state index in [2.05, 4.69) is 121 Å². The number of imidazole rings is 1. The van der Waals surface area contributed by atoms with Crippen molar-refractivity contribution < 1.29 is 28.7 Å². The molecule has 14 nitrogen and oxygen atoms in total. The van der Waals surface area contributed by atoms with Gasteiger partial charge in [0.25, 0.3) is 0 Å². The standard InChI is InChI=1S/C54H63BrN8O6/c1-32(2)48(59-53(66)68-6)51(64)61-28-8-10-44(61)34(5)57-42(30-55)37-14-18-39(19-15-37)45-26-27-46(63(45)41-24-22-36(23-25-41)35-12-13-35)40-20-16-38(17-21-40)43-31-56-50(58-43)47-11-9-29-62(47)52(65)49(33(3)4)60-54(67)69-7/h14-27,30-33,35,44,47-49H,8-13,28-29H2,1-7H3,(H,56,58)(H,59,66)(H,60,67)/b42-30+,57-34?/t44-,47-,48-,49-/m0/s1. The zero-order chi connectivity index (χ0) is 48.9. The molecule has 0 spiro atoms. The van der Waals surface area contributed by atoms with Crippen LogP contribution in [0.3, 0.4) is 0 Å². The molecule has 8 rings (SSSR count). The molecule has 1 aliphatic carbocycles. The van der Waals surface area contributed by atoms with E-state index in [0.29, 0.717) is 19.0 Å². The molecule has 3 aromatic carbocycles. The number of amides is 4. The average Bonchev–Trinajstić information content (AvgIpc) is 3.79. The number of nitrogens with zero attached hydrogens (tertiary/aromatic N) is 5. The van der Waals surface area contributed by atoms with Crippen LogP contribution in [0, 0.1) is 11.8 Å². The third-order valence-electron chi connectivity index (χ3n) is 13.7. The van der Waals surface area contributed by atoms with Crippen LogP contribution >= 0.6 is 15.9 Å². The normalized spacial score (nSPS) is 18.4. The number of rotatable bonds is 15. The summed E-state index contributed by atoms with van der Waals surface area (Å²) in [6, 6.07) is 28.3. The third kappa shape index (κ3) is 10.7. The van der Waals surface area contributed by atoms with Crippen molar-refractivity contribution in [2.24, 2.45) is 16.8 Å².